The molecule has 1 saturated heterocycles. The van der Waals surface area contributed by atoms with E-state index in [1.54, 1.807) is 6.07 Å². The monoisotopic (exact) mass is 343 g/mol. The van der Waals surface area contributed by atoms with Crippen molar-refractivity contribution in [3.63, 3.8) is 0 Å². The van der Waals surface area contributed by atoms with Crippen molar-refractivity contribution in [2.45, 2.75) is 51.2 Å². The molecule has 0 bridgehead atoms. The number of hydrogen-bond acceptors (Lipinski definition) is 2. The fourth-order valence-electron chi connectivity index (χ4n) is 2.71. The smallest absolute Gasteiger partial charge is 0.137 e. The van der Waals surface area contributed by atoms with Gasteiger partial charge in [-0.05, 0) is 66.2 Å². The van der Waals surface area contributed by atoms with Crippen LogP contribution in [0.4, 0.5) is 4.39 Å². The van der Waals surface area contributed by atoms with Gasteiger partial charge in [-0.25, -0.2) is 4.39 Å². The van der Waals surface area contributed by atoms with Gasteiger partial charge in [0.05, 0.1) is 10.6 Å². The first-order valence-corrected chi connectivity index (χ1v) is 8.28. The SMILES string of the molecule is CCCNC(Cc1cccc(F)c1Br)CC1CCCO1. The predicted octanol–water partition coefficient (Wildman–Crippen LogP) is 4.07. The summed E-state index contributed by atoms with van der Waals surface area (Å²) >= 11 is 3.36. The van der Waals surface area contributed by atoms with Crippen molar-refractivity contribution in [2.75, 3.05) is 13.2 Å². The minimum absolute atomic E-state index is 0.186. The summed E-state index contributed by atoms with van der Waals surface area (Å²) in [6.45, 7) is 4.04. The lowest BCUT2D eigenvalue weighted by molar-refractivity contribution is 0.0945. The molecule has 1 N–H and O–H groups in total. The second-order valence-electron chi connectivity index (χ2n) is 5.44. The van der Waals surface area contributed by atoms with Gasteiger partial charge in [-0.1, -0.05) is 19.1 Å². The van der Waals surface area contributed by atoms with Gasteiger partial charge in [0.25, 0.3) is 0 Å². The molecule has 1 fully saturated rings. The lowest BCUT2D eigenvalue weighted by Gasteiger charge is -2.22. The Morgan fingerprint density at radius 2 is 2.35 bits per heavy atom. The van der Waals surface area contributed by atoms with E-state index in [0.717, 1.165) is 50.8 Å². The van der Waals surface area contributed by atoms with Crippen molar-refractivity contribution in [3.05, 3.63) is 34.1 Å². The Kier molecular flexibility index (Phi) is 6.46. The molecule has 0 aliphatic carbocycles. The van der Waals surface area contributed by atoms with E-state index in [1.165, 1.54) is 6.07 Å². The molecule has 1 aliphatic heterocycles. The van der Waals surface area contributed by atoms with Crippen LogP contribution in [0.3, 0.4) is 0 Å². The molecule has 1 heterocycles. The number of halogens is 2. The molecule has 2 atom stereocenters. The van der Waals surface area contributed by atoms with Gasteiger partial charge in [0.15, 0.2) is 0 Å². The van der Waals surface area contributed by atoms with E-state index in [2.05, 4.69) is 28.2 Å². The Labute approximate surface area is 129 Å². The van der Waals surface area contributed by atoms with Crippen LogP contribution in [0, 0.1) is 5.82 Å². The lowest BCUT2D eigenvalue weighted by atomic mass is 9.99. The maximum absolute atomic E-state index is 13.6. The Morgan fingerprint density at radius 3 is 3.05 bits per heavy atom. The van der Waals surface area contributed by atoms with Crippen LogP contribution in [0.5, 0.6) is 0 Å². The number of nitrogens with one attached hydrogen (secondary N) is 1. The molecular formula is C16H23BrFNO. The topological polar surface area (TPSA) is 21.3 Å². The fraction of sp³-hybridized carbons (Fsp3) is 0.625. The predicted molar refractivity (Wildman–Crippen MR) is 83.5 cm³/mol. The summed E-state index contributed by atoms with van der Waals surface area (Å²) in [6, 6.07) is 5.60. The van der Waals surface area contributed by atoms with Crippen LogP contribution in [0.15, 0.2) is 22.7 Å². The average molecular weight is 344 g/mol. The summed E-state index contributed by atoms with van der Waals surface area (Å²) < 4.78 is 19.9. The van der Waals surface area contributed by atoms with Gasteiger partial charge in [-0.2, -0.15) is 0 Å². The summed E-state index contributed by atoms with van der Waals surface area (Å²) in [7, 11) is 0. The molecule has 1 aromatic rings. The molecule has 2 nitrogen and oxygen atoms in total. The van der Waals surface area contributed by atoms with Gasteiger partial charge in [0.2, 0.25) is 0 Å². The highest BCUT2D eigenvalue weighted by molar-refractivity contribution is 9.10. The number of benzene rings is 1. The van der Waals surface area contributed by atoms with E-state index < -0.39 is 0 Å². The van der Waals surface area contributed by atoms with Crippen molar-refractivity contribution in [1.82, 2.24) is 5.32 Å². The van der Waals surface area contributed by atoms with Gasteiger partial charge in [0.1, 0.15) is 5.82 Å². The summed E-state index contributed by atoms with van der Waals surface area (Å²) in [5.74, 6) is -0.186. The maximum Gasteiger partial charge on any atom is 0.137 e. The molecule has 1 aromatic carbocycles. The molecule has 0 spiro atoms. The zero-order chi connectivity index (χ0) is 14.4. The Balaban J connectivity index is 1.99. The van der Waals surface area contributed by atoms with E-state index in [9.17, 15) is 4.39 Å². The van der Waals surface area contributed by atoms with Gasteiger partial charge >= 0.3 is 0 Å². The van der Waals surface area contributed by atoms with E-state index >= 15 is 0 Å². The highest BCUT2D eigenvalue weighted by Crippen LogP contribution is 2.24. The third-order valence-electron chi connectivity index (χ3n) is 3.75. The van der Waals surface area contributed by atoms with E-state index in [1.807, 2.05) is 6.07 Å². The molecule has 0 radical (unpaired) electrons. The molecule has 20 heavy (non-hydrogen) atoms. The Hall–Kier alpha value is -0.450. The zero-order valence-corrected chi connectivity index (χ0v) is 13.6. The molecule has 0 aromatic heterocycles. The summed E-state index contributed by atoms with van der Waals surface area (Å²) in [4.78, 5) is 0. The van der Waals surface area contributed by atoms with Crippen LogP contribution in [0.25, 0.3) is 0 Å². The lowest BCUT2D eigenvalue weighted by Crippen LogP contribution is -2.35. The maximum atomic E-state index is 13.6. The molecule has 2 rings (SSSR count). The largest absolute Gasteiger partial charge is 0.378 e. The highest BCUT2D eigenvalue weighted by Gasteiger charge is 2.21. The van der Waals surface area contributed by atoms with E-state index in [4.69, 9.17) is 4.74 Å². The molecule has 1 aliphatic rings. The normalized spacial score (nSPS) is 20.2. The van der Waals surface area contributed by atoms with Crippen LogP contribution < -0.4 is 5.32 Å². The Bertz CT molecular complexity index is 421. The third-order valence-corrected chi connectivity index (χ3v) is 4.64. The Morgan fingerprint density at radius 1 is 1.50 bits per heavy atom. The second-order valence-corrected chi connectivity index (χ2v) is 6.23. The van der Waals surface area contributed by atoms with Gasteiger partial charge in [0, 0.05) is 12.6 Å². The molecule has 0 saturated carbocycles. The molecular weight excluding hydrogens is 321 g/mol. The van der Waals surface area contributed by atoms with Crippen LogP contribution in [-0.4, -0.2) is 25.3 Å². The van der Waals surface area contributed by atoms with Crippen LogP contribution in [-0.2, 0) is 11.2 Å². The first-order chi connectivity index (χ1) is 9.70. The van der Waals surface area contributed by atoms with Crippen molar-refractivity contribution >= 4 is 15.9 Å². The quantitative estimate of drug-likeness (QED) is 0.805. The van der Waals surface area contributed by atoms with Gasteiger partial charge in [-0.15, -0.1) is 0 Å². The standard InChI is InChI=1S/C16H23BrFNO/c1-2-8-19-13(11-14-6-4-9-20-14)10-12-5-3-7-15(18)16(12)17/h3,5,7,13-14,19H,2,4,6,8-11H2,1H3. The molecule has 2 unspecified atom stereocenters. The number of ether oxygens (including phenoxy) is 1. The summed E-state index contributed by atoms with van der Waals surface area (Å²) in [5.41, 5.74) is 1.02. The third kappa shape index (κ3) is 4.54. The minimum Gasteiger partial charge on any atom is -0.378 e. The van der Waals surface area contributed by atoms with Crippen molar-refractivity contribution < 1.29 is 9.13 Å². The van der Waals surface area contributed by atoms with Crippen LogP contribution in [0.1, 0.15) is 38.2 Å². The summed E-state index contributed by atoms with van der Waals surface area (Å²) in [5, 5.41) is 3.57. The molecule has 0 amide bonds. The van der Waals surface area contributed by atoms with E-state index in [-0.39, 0.29) is 5.82 Å². The first-order valence-electron chi connectivity index (χ1n) is 7.48. The van der Waals surface area contributed by atoms with Gasteiger partial charge < -0.3 is 10.1 Å². The molecule has 4 heteroatoms. The van der Waals surface area contributed by atoms with Gasteiger partial charge in [-0.3, -0.25) is 0 Å². The van der Waals surface area contributed by atoms with Crippen molar-refractivity contribution in [3.8, 4) is 0 Å². The van der Waals surface area contributed by atoms with Crippen LogP contribution >= 0.6 is 15.9 Å². The number of hydrogen-bond donors (Lipinski definition) is 1. The van der Waals surface area contributed by atoms with Crippen LogP contribution in [0.2, 0.25) is 0 Å². The first kappa shape index (κ1) is 15.9. The van der Waals surface area contributed by atoms with Crippen molar-refractivity contribution in [1.29, 1.82) is 0 Å². The van der Waals surface area contributed by atoms with Crippen molar-refractivity contribution in [2.24, 2.45) is 0 Å². The average Bonchev–Trinajstić information content (AvgIpc) is 2.94. The summed E-state index contributed by atoms with van der Waals surface area (Å²) in [6.07, 6.45) is 5.61. The number of rotatable bonds is 7. The minimum atomic E-state index is -0.186. The second kappa shape index (κ2) is 8.11. The zero-order valence-electron chi connectivity index (χ0n) is 12.0. The molecule has 112 valence electrons. The highest BCUT2D eigenvalue weighted by atomic mass is 79.9. The van der Waals surface area contributed by atoms with E-state index in [0.29, 0.717) is 16.6 Å². The fourth-order valence-corrected chi connectivity index (χ4v) is 3.13.